The monoisotopic (exact) mass is 258 g/mol. The van der Waals surface area contributed by atoms with Gasteiger partial charge in [-0.3, -0.25) is 0 Å². The zero-order chi connectivity index (χ0) is 13.4. The van der Waals surface area contributed by atoms with Gasteiger partial charge in [-0.25, -0.2) is 9.78 Å². The third-order valence-corrected chi connectivity index (χ3v) is 4.06. The maximum Gasteiger partial charge on any atom is 0.337 e. The molecule has 1 heterocycles. The number of carbonyl (C=O) groups excluding carboxylic acids is 1. The summed E-state index contributed by atoms with van der Waals surface area (Å²) in [6.45, 7) is 0. The van der Waals surface area contributed by atoms with Gasteiger partial charge in [0, 0.05) is 13.0 Å². The van der Waals surface area contributed by atoms with Crippen molar-refractivity contribution < 1.29 is 9.53 Å². The van der Waals surface area contributed by atoms with E-state index in [0.29, 0.717) is 11.5 Å². The van der Waals surface area contributed by atoms with Crippen molar-refractivity contribution in [2.75, 3.05) is 7.11 Å². The summed E-state index contributed by atoms with van der Waals surface area (Å²) in [5, 5.41) is 0. The second-order valence-electron chi connectivity index (χ2n) is 5.21. The van der Waals surface area contributed by atoms with Gasteiger partial charge in [-0.05, 0) is 31.0 Å². The Hall–Kier alpha value is -1.84. The fourth-order valence-electron chi connectivity index (χ4n) is 3.01. The van der Waals surface area contributed by atoms with Crippen LogP contribution >= 0.6 is 0 Å². The van der Waals surface area contributed by atoms with E-state index in [4.69, 9.17) is 9.72 Å². The van der Waals surface area contributed by atoms with E-state index >= 15 is 0 Å². The van der Waals surface area contributed by atoms with Gasteiger partial charge in [0.2, 0.25) is 0 Å². The Bertz CT molecular complexity index is 624. The highest BCUT2D eigenvalue weighted by molar-refractivity contribution is 5.93. The lowest BCUT2D eigenvalue weighted by atomic mass is 10.1. The molecule has 4 heteroatoms. The molecule has 0 radical (unpaired) electrons. The summed E-state index contributed by atoms with van der Waals surface area (Å²) in [5.41, 5.74) is 2.52. The molecule has 1 aromatic heterocycles. The molecular weight excluding hydrogens is 240 g/mol. The summed E-state index contributed by atoms with van der Waals surface area (Å²) in [6, 6.07) is 5.57. The van der Waals surface area contributed by atoms with E-state index < -0.39 is 0 Å². The quantitative estimate of drug-likeness (QED) is 0.778. The first-order chi connectivity index (χ1) is 9.20. The molecule has 0 unspecified atom stereocenters. The molecule has 0 amide bonds. The fourth-order valence-corrected chi connectivity index (χ4v) is 3.01. The van der Waals surface area contributed by atoms with E-state index in [1.54, 1.807) is 6.07 Å². The Morgan fingerprint density at radius 1 is 1.37 bits per heavy atom. The topological polar surface area (TPSA) is 44.1 Å². The second-order valence-corrected chi connectivity index (χ2v) is 5.21. The van der Waals surface area contributed by atoms with Crippen LogP contribution in [-0.4, -0.2) is 22.6 Å². The molecule has 1 aliphatic carbocycles. The summed E-state index contributed by atoms with van der Waals surface area (Å²) < 4.78 is 6.91. The maximum absolute atomic E-state index is 11.5. The first-order valence-corrected chi connectivity index (χ1v) is 6.75. The van der Waals surface area contributed by atoms with Crippen molar-refractivity contribution in [1.29, 1.82) is 0 Å². The second kappa shape index (κ2) is 4.68. The van der Waals surface area contributed by atoms with Crippen molar-refractivity contribution in [3.8, 4) is 0 Å². The van der Waals surface area contributed by atoms with Gasteiger partial charge < -0.3 is 9.30 Å². The van der Waals surface area contributed by atoms with Gasteiger partial charge >= 0.3 is 5.97 Å². The minimum absolute atomic E-state index is 0.310. The van der Waals surface area contributed by atoms with Gasteiger partial charge in [0.1, 0.15) is 5.82 Å². The first kappa shape index (κ1) is 12.2. The maximum atomic E-state index is 11.5. The molecule has 0 bridgehead atoms. The van der Waals surface area contributed by atoms with Crippen molar-refractivity contribution in [3.63, 3.8) is 0 Å². The number of ether oxygens (including phenoxy) is 1. The van der Waals surface area contributed by atoms with Crippen LogP contribution in [0.15, 0.2) is 18.2 Å². The molecule has 4 nitrogen and oxygen atoms in total. The number of hydrogen-bond acceptors (Lipinski definition) is 3. The van der Waals surface area contributed by atoms with Gasteiger partial charge in [-0.1, -0.05) is 12.8 Å². The standard InChI is InChI=1S/C15H18N2O2/c1-17-13-8-7-11(15(18)19-2)9-12(13)16-14(17)10-5-3-4-6-10/h7-10H,3-6H2,1-2H3. The smallest absolute Gasteiger partial charge is 0.337 e. The fraction of sp³-hybridized carbons (Fsp3) is 0.467. The molecule has 2 aromatic rings. The lowest BCUT2D eigenvalue weighted by Gasteiger charge is -2.08. The van der Waals surface area contributed by atoms with E-state index in [-0.39, 0.29) is 5.97 Å². The minimum atomic E-state index is -0.310. The van der Waals surface area contributed by atoms with Crippen molar-refractivity contribution in [1.82, 2.24) is 9.55 Å². The molecule has 19 heavy (non-hydrogen) atoms. The summed E-state index contributed by atoms with van der Waals surface area (Å²) >= 11 is 0. The Kier molecular flexibility index (Phi) is 3.01. The number of benzene rings is 1. The number of fused-ring (bicyclic) bond motifs is 1. The lowest BCUT2D eigenvalue weighted by Crippen LogP contribution is -2.02. The van der Waals surface area contributed by atoms with Gasteiger partial charge in [0.05, 0.1) is 23.7 Å². The Labute approximate surface area is 112 Å². The zero-order valence-corrected chi connectivity index (χ0v) is 11.3. The van der Waals surface area contributed by atoms with E-state index in [1.807, 2.05) is 12.1 Å². The molecule has 0 saturated heterocycles. The number of aryl methyl sites for hydroxylation is 1. The highest BCUT2D eigenvalue weighted by Gasteiger charge is 2.22. The average molecular weight is 258 g/mol. The third-order valence-electron chi connectivity index (χ3n) is 4.06. The molecule has 0 atom stereocenters. The molecule has 1 saturated carbocycles. The molecule has 0 N–H and O–H groups in total. The average Bonchev–Trinajstić information content (AvgIpc) is 3.05. The third kappa shape index (κ3) is 2.01. The number of hydrogen-bond donors (Lipinski definition) is 0. The van der Waals surface area contributed by atoms with Gasteiger partial charge in [-0.15, -0.1) is 0 Å². The molecule has 1 aliphatic rings. The van der Waals surface area contributed by atoms with Crippen LogP contribution in [0, 0.1) is 0 Å². The van der Waals surface area contributed by atoms with E-state index in [1.165, 1.54) is 32.8 Å². The number of aromatic nitrogens is 2. The van der Waals surface area contributed by atoms with E-state index in [2.05, 4.69) is 11.6 Å². The van der Waals surface area contributed by atoms with E-state index in [0.717, 1.165) is 16.9 Å². The SMILES string of the molecule is COC(=O)c1ccc2c(c1)nc(C1CCCC1)n2C. The Morgan fingerprint density at radius 2 is 2.11 bits per heavy atom. The number of methoxy groups -OCH3 is 1. The van der Waals surface area contributed by atoms with Gasteiger partial charge in [0.15, 0.2) is 0 Å². The lowest BCUT2D eigenvalue weighted by molar-refractivity contribution is 0.0601. The van der Waals surface area contributed by atoms with Crippen molar-refractivity contribution in [2.24, 2.45) is 7.05 Å². The normalized spacial score (nSPS) is 16.1. The van der Waals surface area contributed by atoms with Crippen LogP contribution < -0.4 is 0 Å². The van der Waals surface area contributed by atoms with Crippen LogP contribution in [0.5, 0.6) is 0 Å². The van der Waals surface area contributed by atoms with Gasteiger partial charge in [0.25, 0.3) is 0 Å². The molecule has 100 valence electrons. The highest BCUT2D eigenvalue weighted by Crippen LogP contribution is 2.34. The van der Waals surface area contributed by atoms with Crippen LogP contribution in [0.1, 0.15) is 47.8 Å². The van der Waals surface area contributed by atoms with Crippen LogP contribution in [0.3, 0.4) is 0 Å². The molecule has 3 rings (SSSR count). The number of nitrogens with zero attached hydrogens (tertiary/aromatic N) is 2. The van der Waals surface area contributed by atoms with E-state index in [9.17, 15) is 4.79 Å². The van der Waals surface area contributed by atoms with Gasteiger partial charge in [-0.2, -0.15) is 0 Å². The number of carbonyl (C=O) groups is 1. The Balaban J connectivity index is 2.06. The Morgan fingerprint density at radius 3 is 2.79 bits per heavy atom. The summed E-state index contributed by atoms with van der Waals surface area (Å²) in [6.07, 6.45) is 5.03. The summed E-state index contributed by atoms with van der Waals surface area (Å²) in [4.78, 5) is 16.3. The van der Waals surface area contributed by atoms with Crippen molar-refractivity contribution in [2.45, 2.75) is 31.6 Å². The molecule has 1 fully saturated rings. The molecule has 1 aromatic carbocycles. The molecule has 0 spiro atoms. The van der Waals surface area contributed by atoms with Crippen molar-refractivity contribution in [3.05, 3.63) is 29.6 Å². The first-order valence-electron chi connectivity index (χ1n) is 6.75. The summed E-state index contributed by atoms with van der Waals surface area (Å²) in [5.74, 6) is 1.41. The number of rotatable bonds is 2. The van der Waals surface area contributed by atoms with Crippen LogP contribution in [0.25, 0.3) is 11.0 Å². The molecule has 0 aliphatic heterocycles. The zero-order valence-electron chi connectivity index (χ0n) is 11.3. The predicted molar refractivity (Wildman–Crippen MR) is 73.3 cm³/mol. The van der Waals surface area contributed by atoms with Crippen LogP contribution in [0.4, 0.5) is 0 Å². The van der Waals surface area contributed by atoms with Crippen LogP contribution in [-0.2, 0) is 11.8 Å². The van der Waals surface area contributed by atoms with Crippen LogP contribution in [0.2, 0.25) is 0 Å². The summed E-state index contributed by atoms with van der Waals surface area (Å²) in [7, 11) is 3.45. The minimum Gasteiger partial charge on any atom is -0.465 e. The predicted octanol–water partition coefficient (Wildman–Crippen LogP) is 3.02. The van der Waals surface area contributed by atoms with Crippen molar-refractivity contribution >= 4 is 17.0 Å². The molecular formula is C15H18N2O2. The highest BCUT2D eigenvalue weighted by atomic mass is 16.5. The largest absolute Gasteiger partial charge is 0.465 e. The number of esters is 1. The number of imidazole rings is 1.